The van der Waals surface area contributed by atoms with Crippen LogP contribution in [0.3, 0.4) is 0 Å². The second-order valence-corrected chi connectivity index (χ2v) is 6.37. The molecule has 1 heterocycles. The fourth-order valence-electron chi connectivity index (χ4n) is 3.10. The number of rotatable bonds is 1. The van der Waals surface area contributed by atoms with Crippen molar-refractivity contribution in [2.75, 3.05) is 0 Å². The quantitative estimate of drug-likeness (QED) is 0.839. The van der Waals surface area contributed by atoms with Gasteiger partial charge in [0.05, 0.1) is 0 Å². The summed E-state index contributed by atoms with van der Waals surface area (Å²) >= 11 is 3.58. The van der Waals surface area contributed by atoms with E-state index < -0.39 is 0 Å². The van der Waals surface area contributed by atoms with E-state index in [2.05, 4.69) is 58.6 Å². The molecule has 2 aromatic rings. The summed E-state index contributed by atoms with van der Waals surface area (Å²) in [6.07, 6.45) is 3.42. The molecular formula is C16H19BrN2. The number of hydrogen-bond donors (Lipinski definition) is 1. The van der Waals surface area contributed by atoms with Crippen molar-refractivity contribution in [2.45, 2.75) is 39.2 Å². The van der Waals surface area contributed by atoms with E-state index in [4.69, 9.17) is 5.73 Å². The summed E-state index contributed by atoms with van der Waals surface area (Å²) in [4.78, 5) is 0. The lowest BCUT2D eigenvalue weighted by atomic mass is 9.93. The lowest BCUT2D eigenvalue weighted by Gasteiger charge is -2.22. The molecule has 1 aliphatic rings. The predicted octanol–water partition coefficient (Wildman–Crippen LogP) is 4.19. The predicted molar refractivity (Wildman–Crippen MR) is 82.8 cm³/mol. The van der Waals surface area contributed by atoms with Gasteiger partial charge in [-0.1, -0.05) is 22.0 Å². The molecule has 0 fully saturated rings. The van der Waals surface area contributed by atoms with Crippen LogP contribution in [0.4, 0.5) is 0 Å². The highest BCUT2D eigenvalue weighted by Crippen LogP contribution is 2.34. The molecule has 0 amide bonds. The fraction of sp³-hybridized carbons (Fsp3) is 0.375. The molecule has 0 radical (unpaired) electrons. The van der Waals surface area contributed by atoms with Gasteiger partial charge in [0.25, 0.3) is 0 Å². The number of nitrogens with zero attached hydrogens (tertiary/aromatic N) is 1. The minimum atomic E-state index is 0.205. The molecule has 1 aliphatic carbocycles. The van der Waals surface area contributed by atoms with E-state index in [1.165, 1.54) is 34.6 Å². The number of hydrogen-bond acceptors (Lipinski definition) is 1. The van der Waals surface area contributed by atoms with Gasteiger partial charge < -0.3 is 10.3 Å². The van der Waals surface area contributed by atoms with Crippen LogP contribution in [0.1, 0.15) is 41.4 Å². The van der Waals surface area contributed by atoms with E-state index in [-0.39, 0.29) is 6.04 Å². The highest BCUT2D eigenvalue weighted by molar-refractivity contribution is 9.10. The van der Waals surface area contributed by atoms with Crippen LogP contribution in [0.5, 0.6) is 0 Å². The number of benzene rings is 1. The van der Waals surface area contributed by atoms with Gasteiger partial charge in [-0.2, -0.15) is 0 Å². The Labute approximate surface area is 122 Å². The van der Waals surface area contributed by atoms with Gasteiger partial charge >= 0.3 is 0 Å². The maximum absolute atomic E-state index is 6.25. The normalized spacial score (nSPS) is 18.4. The number of aryl methyl sites for hydroxylation is 2. The second kappa shape index (κ2) is 4.80. The summed E-state index contributed by atoms with van der Waals surface area (Å²) in [5.74, 6) is 0. The average molecular weight is 319 g/mol. The smallest absolute Gasteiger partial charge is 0.0495 e. The first-order chi connectivity index (χ1) is 9.08. The zero-order valence-electron chi connectivity index (χ0n) is 11.4. The Kier molecular flexibility index (Phi) is 3.27. The fourth-order valence-corrected chi connectivity index (χ4v) is 3.44. The lowest BCUT2D eigenvalue weighted by Crippen LogP contribution is -2.18. The molecule has 0 saturated heterocycles. The van der Waals surface area contributed by atoms with Gasteiger partial charge in [0.2, 0.25) is 0 Å². The minimum Gasteiger partial charge on any atom is -0.324 e. The van der Waals surface area contributed by atoms with Crippen molar-refractivity contribution in [1.82, 2.24) is 4.57 Å². The minimum absolute atomic E-state index is 0.205. The molecule has 2 N–H and O–H groups in total. The van der Waals surface area contributed by atoms with Gasteiger partial charge in [0.1, 0.15) is 0 Å². The molecular weight excluding hydrogens is 300 g/mol. The van der Waals surface area contributed by atoms with Crippen molar-refractivity contribution in [2.24, 2.45) is 5.73 Å². The molecule has 3 rings (SSSR count). The summed E-state index contributed by atoms with van der Waals surface area (Å²) in [5.41, 5.74) is 12.8. The molecule has 100 valence electrons. The summed E-state index contributed by atoms with van der Waals surface area (Å²) in [6, 6.07) is 8.92. The van der Waals surface area contributed by atoms with Gasteiger partial charge in [0, 0.05) is 27.6 Å². The topological polar surface area (TPSA) is 30.9 Å². The van der Waals surface area contributed by atoms with Crippen LogP contribution in [0.15, 0.2) is 28.7 Å². The van der Waals surface area contributed by atoms with Gasteiger partial charge in [-0.25, -0.2) is 0 Å². The van der Waals surface area contributed by atoms with E-state index >= 15 is 0 Å². The van der Waals surface area contributed by atoms with Crippen LogP contribution in [0.25, 0.3) is 5.69 Å². The highest BCUT2D eigenvalue weighted by Gasteiger charge is 2.23. The molecule has 0 bridgehead atoms. The van der Waals surface area contributed by atoms with Crippen LogP contribution >= 0.6 is 15.9 Å². The maximum atomic E-state index is 6.25. The van der Waals surface area contributed by atoms with E-state index in [1.54, 1.807) is 0 Å². The Morgan fingerprint density at radius 1 is 1.26 bits per heavy atom. The van der Waals surface area contributed by atoms with Crippen LogP contribution in [-0.4, -0.2) is 4.57 Å². The van der Waals surface area contributed by atoms with E-state index in [9.17, 15) is 0 Å². The van der Waals surface area contributed by atoms with Crippen molar-refractivity contribution in [3.8, 4) is 5.69 Å². The van der Waals surface area contributed by atoms with E-state index in [1.807, 2.05) is 0 Å². The Morgan fingerprint density at radius 3 is 2.84 bits per heavy atom. The van der Waals surface area contributed by atoms with Crippen LogP contribution in [-0.2, 0) is 6.42 Å². The molecule has 0 saturated carbocycles. The SMILES string of the molecule is Cc1ccc(Br)cc1-n1c(C)cc2c1CCCC2N. The molecule has 3 heteroatoms. The Balaban J connectivity index is 2.23. The first kappa shape index (κ1) is 12.9. The second-order valence-electron chi connectivity index (χ2n) is 5.45. The number of fused-ring (bicyclic) bond motifs is 1. The first-order valence-electron chi connectivity index (χ1n) is 6.81. The first-order valence-corrected chi connectivity index (χ1v) is 7.60. The Hall–Kier alpha value is -1.06. The highest BCUT2D eigenvalue weighted by atomic mass is 79.9. The largest absolute Gasteiger partial charge is 0.324 e. The lowest BCUT2D eigenvalue weighted by molar-refractivity contribution is 0.559. The van der Waals surface area contributed by atoms with E-state index in [0.29, 0.717) is 0 Å². The van der Waals surface area contributed by atoms with Crippen LogP contribution in [0, 0.1) is 13.8 Å². The standard InChI is InChI=1S/C16H19BrN2/c1-10-6-7-12(17)9-16(10)19-11(2)8-13-14(18)4-3-5-15(13)19/h6-9,14H,3-5,18H2,1-2H3. The maximum Gasteiger partial charge on any atom is 0.0495 e. The van der Waals surface area contributed by atoms with Crippen molar-refractivity contribution in [3.05, 3.63) is 51.3 Å². The van der Waals surface area contributed by atoms with Crippen LogP contribution < -0.4 is 5.73 Å². The molecule has 0 aliphatic heterocycles. The summed E-state index contributed by atoms with van der Waals surface area (Å²) < 4.78 is 3.50. The molecule has 1 unspecified atom stereocenters. The summed E-state index contributed by atoms with van der Waals surface area (Å²) in [5, 5.41) is 0. The molecule has 1 aromatic carbocycles. The van der Waals surface area contributed by atoms with Gasteiger partial charge in [-0.3, -0.25) is 0 Å². The third-order valence-electron chi connectivity index (χ3n) is 4.06. The van der Waals surface area contributed by atoms with Gasteiger partial charge in [-0.15, -0.1) is 0 Å². The average Bonchev–Trinajstić information content (AvgIpc) is 2.70. The third kappa shape index (κ3) is 2.15. The van der Waals surface area contributed by atoms with Crippen molar-refractivity contribution < 1.29 is 0 Å². The zero-order chi connectivity index (χ0) is 13.6. The number of nitrogens with two attached hydrogens (primary N) is 1. The number of halogens is 1. The van der Waals surface area contributed by atoms with Gasteiger partial charge in [-0.05, 0) is 62.4 Å². The third-order valence-corrected chi connectivity index (χ3v) is 4.55. The molecule has 2 nitrogen and oxygen atoms in total. The summed E-state index contributed by atoms with van der Waals surface area (Å²) in [7, 11) is 0. The molecule has 1 aromatic heterocycles. The Bertz CT molecular complexity index is 628. The number of aromatic nitrogens is 1. The van der Waals surface area contributed by atoms with Gasteiger partial charge in [0.15, 0.2) is 0 Å². The van der Waals surface area contributed by atoms with Crippen molar-refractivity contribution in [3.63, 3.8) is 0 Å². The zero-order valence-corrected chi connectivity index (χ0v) is 13.0. The molecule has 1 atom stereocenters. The molecule has 0 spiro atoms. The van der Waals surface area contributed by atoms with Crippen molar-refractivity contribution in [1.29, 1.82) is 0 Å². The monoisotopic (exact) mass is 318 g/mol. The molecule has 19 heavy (non-hydrogen) atoms. The Morgan fingerprint density at radius 2 is 2.05 bits per heavy atom. The summed E-state index contributed by atoms with van der Waals surface area (Å²) in [6.45, 7) is 4.34. The van der Waals surface area contributed by atoms with E-state index in [0.717, 1.165) is 17.3 Å². The van der Waals surface area contributed by atoms with Crippen LogP contribution in [0.2, 0.25) is 0 Å². The van der Waals surface area contributed by atoms with Crippen molar-refractivity contribution >= 4 is 15.9 Å².